The van der Waals surface area contributed by atoms with Crippen LogP contribution in [0.5, 0.6) is 0 Å². The van der Waals surface area contributed by atoms with Crippen LogP contribution < -0.4 is 5.32 Å². The van der Waals surface area contributed by atoms with E-state index in [1.54, 1.807) is 0 Å². The largest absolute Gasteiger partial charge is 0.347 e. The van der Waals surface area contributed by atoms with Gasteiger partial charge >= 0.3 is 0 Å². The van der Waals surface area contributed by atoms with Crippen molar-refractivity contribution in [3.8, 4) is 0 Å². The monoisotopic (exact) mass is 284 g/mol. The lowest BCUT2D eigenvalue weighted by Crippen LogP contribution is -2.35. The molecule has 3 rings (SSSR count). The molecule has 2 atom stereocenters. The van der Waals surface area contributed by atoms with Crippen molar-refractivity contribution >= 4 is 0 Å². The van der Waals surface area contributed by atoms with Gasteiger partial charge in [0.25, 0.3) is 0 Å². The molecule has 2 N–H and O–H groups in total. The summed E-state index contributed by atoms with van der Waals surface area (Å²) in [4.78, 5) is 10.1. The lowest BCUT2D eigenvalue weighted by atomic mass is 10.1. The summed E-state index contributed by atoms with van der Waals surface area (Å²) in [6.07, 6.45) is 6.00. The van der Waals surface area contributed by atoms with Crippen molar-refractivity contribution in [2.24, 2.45) is 0 Å². The molecule has 112 valence electrons. The molecular formula is C17H24N4. The highest BCUT2D eigenvalue weighted by Gasteiger charge is 2.25. The number of nitrogens with one attached hydrogen (secondary N) is 2. The Labute approximate surface area is 126 Å². The van der Waals surface area contributed by atoms with Gasteiger partial charge in [-0.2, -0.15) is 0 Å². The van der Waals surface area contributed by atoms with Crippen LogP contribution in [-0.2, 0) is 6.54 Å². The van der Waals surface area contributed by atoms with Gasteiger partial charge in [-0.3, -0.25) is 4.90 Å². The van der Waals surface area contributed by atoms with Crippen molar-refractivity contribution in [2.45, 2.75) is 38.4 Å². The lowest BCUT2D eigenvalue weighted by molar-refractivity contribution is 0.312. The fourth-order valence-corrected chi connectivity index (χ4v) is 3.10. The van der Waals surface area contributed by atoms with E-state index < -0.39 is 0 Å². The predicted molar refractivity (Wildman–Crippen MR) is 84.9 cm³/mol. The fraction of sp³-hybridized carbons (Fsp3) is 0.471. The number of likely N-dealkylation sites (tertiary alicyclic amines) is 1. The average Bonchev–Trinajstić information content (AvgIpc) is 3.17. The van der Waals surface area contributed by atoms with E-state index in [1.165, 1.54) is 18.5 Å². The number of hydrogen-bond acceptors (Lipinski definition) is 3. The molecule has 0 aliphatic carbocycles. The second-order valence-electron chi connectivity index (χ2n) is 5.81. The summed E-state index contributed by atoms with van der Waals surface area (Å²) in [5.41, 5.74) is 1.40. The summed E-state index contributed by atoms with van der Waals surface area (Å²) in [5.74, 6) is 1.05. The number of imidazole rings is 1. The van der Waals surface area contributed by atoms with Crippen LogP contribution in [0.25, 0.3) is 0 Å². The number of benzene rings is 1. The quantitative estimate of drug-likeness (QED) is 0.857. The molecule has 0 amide bonds. The van der Waals surface area contributed by atoms with Crippen LogP contribution in [0.2, 0.25) is 0 Å². The molecule has 0 bridgehead atoms. The van der Waals surface area contributed by atoms with Crippen LogP contribution in [-0.4, -0.2) is 34.0 Å². The van der Waals surface area contributed by atoms with Crippen molar-refractivity contribution in [1.82, 2.24) is 20.2 Å². The minimum absolute atomic E-state index is 0.335. The first-order valence-electron chi connectivity index (χ1n) is 7.86. The van der Waals surface area contributed by atoms with Crippen molar-refractivity contribution in [3.05, 3.63) is 54.1 Å². The summed E-state index contributed by atoms with van der Waals surface area (Å²) in [7, 11) is 0. The molecule has 0 radical (unpaired) electrons. The molecule has 1 aliphatic heterocycles. The van der Waals surface area contributed by atoms with Crippen LogP contribution in [0.4, 0.5) is 0 Å². The molecule has 1 aromatic heterocycles. The molecule has 1 fully saturated rings. The van der Waals surface area contributed by atoms with Crippen molar-refractivity contribution in [3.63, 3.8) is 0 Å². The van der Waals surface area contributed by atoms with Gasteiger partial charge in [0.15, 0.2) is 0 Å². The molecule has 4 nitrogen and oxygen atoms in total. The van der Waals surface area contributed by atoms with Gasteiger partial charge in [-0.15, -0.1) is 0 Å². The first kappa shape index (κ1) is 14.3. The second-order valence-corrected chi connectivity index (χ2v) is 5.81. The summed E-state index contributed by atoms with van der Waals surface area (Å²) < 4.78 is 0. The molecule has 0 spiro atoms. The molecule has 2 aromatic rings. The molecule has 1 saturated heterocycles. The van der Waals surface area contributed by atoms with Gasteiger partial charge in [0, 0.05) is 38.1 Å². The number of aromatic amines is 1. The van der Waals surface area contributed by atoms with Crippen LogP contribution in [0.3, 0.4) is 0 Å². The number of nitrogens with zero attached hydrogens (tertiary/aromatic N) is 2. The SMILES string of the molecule is CCC(NC1CCN(Cc2ccccc2)C1)c1ncc[nH]1. The normalized spacial score (nSPS) is 20.7. The van der Waals surface area contributed by atoms with Crippen molar-refractivity contribution in [1.29, 1.82) is 0 Å². The number of rotatable bonds is 6. The van der Waals surface area contributed by atoms with E-state index in [0.717, 1.165) is 25.3 Å². The molecule has 1 aromatic carbocycles. The van der Waals surface area contributed by atoms with Gasteiger partial charge < -0.3 is 10.3 Å². The Balaban J connectivity index is 1.52. The molecule has 2 heterocycles. The zero-order chi connectivity index (χ0) is 14.5. The van der Waals surface area contributed by atoms with Crippen LogP contribution in [0.1, 0.15) is 37.2 Å². The van der Waals surface area contributed by atoms with Gasteiger partial charge in [0.2, 0.25) is 0 Å². The highest BCUT2D eigenvalue weighted by Crippen LogP contribution is 2.18. The van der Waals surface area contributed by atoms with E-state index in [-0.39, 0.29) is 0 Å². The summed E-state index contributed by atoms with van der Waals surface area (Å²) in [6.45, 7) is 5.54. The Morgan fingerprint density at radius 3 is 2.95 bits per heavy atom. The Bertz CT molecular complexity index is 523. The van der Waals surface area contributed by atoms with Crippen molar-refractivity contribution < 1.29 is 0 Å². The smallest absolute Gasteiger partial charge is 0.123 e. The molecular weight excluding hydrogens is 260 g/mol. The number of H-pyrrole nitrogens is 1. The summed E-state index contributed by atoms with van der Waals surface area (Å²) in [6, 6.07) is 11.6. The van der Waals surface area contributed by atoms with Gasteiger partial charge in [0.1, 0.15) is 5.82 Å². The van der Waals surface area contributed by atoms with Gasteiger partial charge in [-0.25, -0.2) is 4.98 Å². The topological polar surface area (TPSA) is 44.0 Å². The highest BCUT2D eigenvalue weighted by molar-refractivity contribution is 5.14. The summed E-state index contributed by atoms with van der Waals surface area (Å²) >= 11 is 0. The summed E-state index contributed by atoms with van der Waals surface area (Å²) in [5, 5.41) is 3.75. The minimum Gasteiger partial charge on any atom is -0.347 e. The minimum atomic E-state index is 0.335. The molecule has 4 heteroatoms. The number of hydrogen-bond donors (Lipinski definition) is 2. The van der Waals surface area contributed by atoms with E-state index in [9.17, 15) is 0 Å². The molecule has 0 saturated carbocycles. The Morgan fingerprint density at radius 1 is 1.38 bits per heavy atom. The van der Waals surface area contributed by atoms with E-state index >= 15 is 0 Å². The maximum atomic E-state index is 4.38. The first-order chi connectivity index (χ1) is 10.3. The Kier molecular flexibility index (Phi) is 4.68. The molecule has 21 heavy (non-hydrogen) atoms. The highest BCUT2D eigenvalue weighted by atomic mass is 15.2. The predicted octanol–water partition coefficient (Wildman–Crippen LogP) is 2.72. The zero-order valence-corrected chi connectivity index (χ0v) is 12.6. The molecule has 2 unspecified atom stereocenters. The zero-order valence-electron chi connectivity index (χ0n) is 12.6. The van der Waals surface area contributed by atoms with Gasteiger partial charge in [0.05, 0.1) is 6.04 Å². The van der Waals surface area contributed by atoms with E-state index in [0.29, 0.717) is 12.1 Å². The van der Waals surface area contributed by atoms with Crippen LogP contribution >= 0.6 is 0 Å². The van der Waals surface area contributed by atoms with E-state index in [2.05, 4.69) is 57.4 Å². The van der Waals surface area contributed by atoms with Crippen LogP contribution in [0, 0.1) is 0 Å². The third-order valence-electron chi connectivity index (χ3n) is 4.22. The Hall–Kier alpha value is -1.65. The van der Waals surface area contributed by atoms with E-state index in [4.69, 9.17) is 0 Å². The standard InChI is InChI=1S/C17H24N4/c1-2-16(17-18-9-10-19-17)20-15-8-11-21(13-15)12-14-6-4-3-5-7-14/h3-7,9-10,15-16,20H,2,8,11-13H2,1H3,(H,18,19). The van der Waals surface area contributed by atoms with Crippen LogP contribution in [0.15, 0.2) is 42.7 Å². The second kappa shape index (κ2) is 6.87. The number of aromatic nitrogens is 2. The third kappa shape index (κ3) is 3.71. The van der Waals surface area contributed by atoms with Gasteiger partial charge in [-0.1, -0.05) is 37.3 Å². The average molecular weight is 284 g/mol. The van der Waals surface area contributed by atoms with Crippen molar-refractivity contribution in [2.75, 3.05) is 13.1 Å². The fourth-order valence-electron chi connectivity index (χ4n) is 3.10. The lowest BCUT2D eigenvalue weighted by Gasteiger charge is -2.21. The molecule has 1 aliphatic rings. The first-order valence-corrected chi connectivity index (χ1v) is 7.86. The Morgan fingerprint density at radius 2 is 2.24 bits per heavy atom. The van der Waals surface area contributed by atoms with Gasteiger partial charge in [-0.05, 0) is 18.4 Å². The third-order valence-corrected chi connectivity index (χ3v) is 4.22. The van der Waals surface area contributed by atoms with E-state index in [1.807, 2.05) is 12.4 Å². The maximum absolute atomic E-state index is 4.38. The maximum Gasteiger partial charge on any atom is 0.123 e.